The average Bonchev–Trinajstić information content (AvgIpc) is 3.20. The maximum absolute atomic E-state index is 13.8. The molecule has 3 fully saturated rings. The van der Waals surface area contributed by atoms with Crippen molar-refractivity contribution in [2.75, 3.05) is 13.1 Å². The Morgan fingerprint density at radius 1 is 0.807 bits per heavy atom. The van der Waals surface area contributed by atoms with Gasteiger partial charge in [-0.2, -0.15) is 0 Å². The predicted molar refractivity (Wildman–Crippen MR) is 223 cm³/mol. The number of rotatable bonds is 15. The van der Waals surface area contributed by atoms with E-state index in [1.54, 1.807) is 0 Å². The van der Waals surface area contributed by atoms with Gasteiger partial charge >= 0.3 is 0 Å². The monoisotopic (exact) mass is 780 g/mol. The second kappa shape index (κ2) is 20.1. The van der Waals surface area contributed by atoms with Gasteiger partial charge in [-0.1, -0.05) is 86.0 Å². The Kier molecular flexibility index (Phi) is 15.0. The van der Waals surface area contributed by atoms with E-state index in [-0.39, 0.29) is 48.1 Å². The summed E-state index contributed by atoms with van der Waals surface area (Å²) >= 11 is 0. The number of fused-ring (bicyclic) bond motifs is 1. The molecule has 3 aliphatic rings. The lowest BCUT2D eigenvalue weighted by molar-refractivity contribution is -0.255. The maximum Gasteiger partial charge on any atom is 0.237 e. The lowest BCUT2D eigenvalue weighted by Crippen LogP contribution is -2.61. The number of carbonyl (C=O) groups is 3. The SMILES string of the molecule is CC(=O)NCCCCCC(=O)NCc1cccc(-c2ccc([C@H]3O[C@@H](CN4[C@@H](C(=O)NC(C)(C)C)CC[C@H]5CCCC[C@H]54)C[C@@H](c4ccc(CO)cc4)O3)cc2)c1. The Bertz CT molecular complexity index is 1770. The highest BCUT2D eigenvalue weighted by atomic mass is 16.7. The Balaban J connectivity index is 1.15. The van der Waals surface area contributed by atoms with Crippen LogP contribution in [-0.2, 0) is 37.0 Å². The summed E-state index contributed by atoms with van der Waals surface area (Å²) in [4.78, 5) is 39.8. The normalized spacial score (nSPS) is 23.9. The van der Waals surface area contributed by atoms with Gasteiger partial charge in [0.05, 0.1) is 24.9 Å². The molecule has 2 heterocycles. The van der Waals surface area contributed by atoms with Crippen molar-refractivity contribution in [3.63, 3.8) is 0 Å². The van der Waals surface area contributed by atoms with E-state index >= 15 is 0 Å². The zero-order valence-corrected chi connectivity index (χ0v) is 34.4. The molecule has 1 aliphatic carbocycles. The third kappa shape index (κ3) is 12.2. The van der Waals surface area contributed by atoms with Crippen molar-refractivity contribution in [3.05, 3.63) is 95.1 Å². The molecule has 10 nitrogen and oxygen atoms in total. The molecule has 0 aromatic heterocycles. The second-order valence-corrected chi connectivity index (χ2v) is 17.4. The van der Waals surface area contributed by atoms with Gasteiger partial charge in [-0.15, -0.1) is 0 Å². The topological polar surface area (TPSA) is 129 Å². The lowest BCUT2D eigenvalue weighted by Gasteiger charge is -2.50. The highest BCUT2D eigenvalue weighted by Gasteiger charge is 2.44. The van der Waals surface area contributed by atoms with Crippen LogP contribution in [0.3, 0.4) is 0 Å². The fraction of sp³-hybridized carbons (Fsp3) is 0.553. The molecule has 308 valence electrons. The molecule has 3 aromatic rings. The molecule has 4 N–H and O–H groups in total. The Labute approximate surface area is 339 Å². The van der Waals surface area contributed by atoms with Crippen LogP contribution in [0.5, 0.6) is 0 Å². The van der Waals surface area contributed by atoms with Crippen LogP contribution in [0, 0.1) is 5.92 Å². The van der Waals surface area contributed by atoms with Crippen molar-refractivity contribution < 1.29 is 29.0 Å². The molecule has 1 saturated carbocycles. The van der Waals surface area contributed by atoms with E-state index in [0.29, 0.717) is 44.4 Å². The summed E-state index contributed by atoms with van der Waals surface area (Å²) in [5.74, 6) is 0.719. The first-order valence-electron chi connectivity index (χ1n) is 21.2. The summed E-state index contributed by atoms with van der Waals surface area (Å²) < 4.78 is 13.6. The third-order valence-corrected chi connectivity index (χ3v) is 11.7. The fourth-order valence-corrected chi connectivity index (χ4v) is 8.83. The van der Waals surface area contributed by atoms with E-state index in [9.17, 15) is 19.5 Å². The molecule has 2 saturated heterocycles. The van der Waals surface area contributed by atoms with Crippen LogP contribution in [0.4, 0.5) is 0 Å². The summed E-state index contributed by atoms with van der Waals surface area (Å²) in [7, 11) is 0. The molecule has 6 atom stereocenters. The minimum atomic E-state index is -0.596. The molecule has 10 heteroatoms. The lowest BCUT2D eigenvalue weighted by atomic mass is 9.75. The number of carbonyl (C=O) groups excluding carboxylic acids is 3. The standard InChI is InChI=1S/C47H64N4O6/c1-32(53)48-26-9-5-6-15-44(54)49-29-34-11-10-13-39(27-34)35-20-22-38(23-21-35)46-56-40(28-43(57-46)37-18-16-33(31-52)17-19-37)30-51-41-14-8-7-12-36(41)24-25-42(51)45(55)50-47(2,3)4/h10-11,13,16-23,27,36,40-43,46,52H,5-9,12,14-15,24-26,28-31H2,1-4H3,(H,48,53)(H,49,54)(H,50,55)/t36-,40-,41-,42-,43+,46+/m1/s1. The van der Waals surface area contributed by atoms with Crippen LogP contribution in [0.25, 0.3) is 11.1 Å². The van der Waals surface area contributed by atoms with Gasteiger partial charge in [0, 0.05) is 56.5 Å². The van der Waals surface area contributed by atoms with Gasteiger partial charge in [-0.3, -0.25) is 19.3 Å². The highest BCUT2D eigenvalue weighted by molar-refractivity contribution is 5.82. The number of amides is 3. The molecule has 0 radical (unpaired) electrons. The van der Waals surface area contributed by atoms with Crippen molar-refractivity contribution in [2.24, 2.45) is 5.92 Å². The summed E-state index contributed by atoms with van der Waals surface area (Å²) in [6.07, 6.45) is 9.44. The molecule has 0 unspecified atom stereocenters. The summed E-state index contributed by atoms with van der Waals surface area (Å²) in [6.45, 7) is 9.41. The van der Waals surface area contributed by atoms with Gasteiger partial charge in [0.25, 0.3) is 0 Å². The molecule has 57 heavy (non-hydrogen) atoms. The number of hydrogen-bond donors (Lipinski definition) is 4. The van der Waals surface area contributed by atoms with E-state index < -0.39 is 6.29 Å². The van der Waals surface area contributed by atoms with Gasteiger partial charge < -0.3 is 30.5 Å². The number of benzene rings is 3. The number of ether oxygens (including phenoxy) is 2. The molecule has 0 bridgehead atoms. The number of likely N-dealkylation sites (tertiary alicyclic amines) is 1. The van der Waals surface area contributed by atoms with Crippen LogP contribution in [-0.4, -0.2) is 64.5 Å². The fourth-order valence-electron chi connectivity index (χ4n) is 8.83. The largest absolute Gasteiger partial charge is 0.392 e. The van der Waals surface area contributed by atoms with E-state index in [2.05, 4.69) is 57.2 Å². The number of hydrogen-bond acceptors (Lipinski definition) is 7. The number of nitrogens with one attached hydrogen (secondary N) is 3. The van der Waals surface area contributed by atoms with E-state index in [4.69, 9.17) is 9.47 Å². The molecule has 3 aromatic carbocycles. The third-order valence-electron chi connectivity index (χ3n) is 11.7. The minimum Gasteiger partial charge on any atom is -0.392 e. The Morgan fingerprint density at radius 3 is 2.30 bits per heavy atom. The van der Waals surface area contributed by atoms with Gasteiger partial charge in [0.15, 0.2) is 6.29 Å². The quantitative estimate of drug-likeness (QED) is 0.117. The average molecular weight is 781 g/mol. The molecular formula is C47H64N4O6. The summed E-state index contributed by atoms with van der Waals surface area (Å²) in [6, 6.07) is 24.8. The molecular weight excluding hydrogens is 717 g/mol. The number of piperidine rings is 1. The molecule has 3 amide bonds. The molecule has 2 aliphatic heterocycles. The smallest absolute Gasteiger partial charge is 0.237 e. The predicted octanol–water partition coefficient (Wildman–Crippen LogP) is 7.64. The second-order valence-electron chi connectivity index (χ2n) is 17.4. The number of nitrogens with zero attached hydrogens (tertiary/aromatic N) is 1. The zero-order chi connectivity index (χ0) is 40.4. The van der Waals surface area contributed by atoms with Gasteiger partial charge in [0.1, 0.15) is 0 Å². The highest BCUT2D eigenvalue weighted by Crippen LogP contribution is 2.42. The number of unbranched alkanes of at least 4 members (excludes halogenated alkanes) is 2. The van der Waals surface area contributed by atoms with Crippen molar-refractivity contribution in [2.45, 2.75) is 148 Å². The van der Waals surface area contributed by atoms with Crippen molar-refractivity contribution >= 4 is 17.7 Å². The van der Waals surface area contributed by atoms with Crippen LogP contribution < -0.4 is 16.0 Å². The molecule has 0 spiro atoms. The first kappa shape index (κ1) is 42.5. The minimum absolute atomic E-state index is 0.0113. The van der Waals surface area contributed by atoms with Crippen LogP contribution in [0.15, 0.2) is 72.8 Å². The van der Waals surface area contributed by atoms with Crippen molar-refractivity contribution in [3.8, 4) is 11.1 Å². The molecule has 6 rings (SSSR count). The van der Waals surface area contributed by atoms with Crippen molar-refractivity contribution in [1.29, 1.82) is 0 Å². The summed E-state index contributed by atoms with van der Waals surface area (Å²) in [5, 5.41) is 18.8. The number of aliphatic hydroxyl groups is 1. The first-order valence-corrected chi connectivity index (χ1v) is 21.2. The van der Waals surface area contributed by atoms with E-state index in [1.807, 2.05) is 57.2 Å². The maximum atomic E-state index is 13.8. The van der Waals surface area contributed by atoms with Gasteiger partial charge in [-0.25, -0.2) is 0 Å². The van der Waals surface area contributed by atoms with Crippen LogP contribution >= 0.6 is 0 Å². The van der Waals surface area contributed by atoms with Crippen LogP contribution in [0.2, 0.25) is 0 Å². The first-order chi connectivity index (χ1) is 27.5. The number of aliphatic hydroxyl groups excluding tert-OH is 1. The summed E-state index contributed by atoms with van der Waals surface area (Å²) in [5.41, 5.74) is 5.67. The zero-order valence-electron chi connectivity index (χ0n) is 34.4. The Hall–Kier alpha value is -4.09. The van der Waals surface area contributed by atoms with Crippen LogP contribution in [0.1, 0.15) is 133 Å². The van der Waals surface area contributed by atoms with Crippen molar-refractivity contribution in [1.82, 2.24) is 20.9 Å². The van der Waals surface area contributed by atoms with Gasteiger partial charge in [0.2, 0.25) is 17.7 Å². The van der Waals surface area contributed by atoms with E-state index in [0.717, 1.165) is 71.9 Å². The van der Waals surface area contributed by atoms with E-state index in [1.165, 1.54) is 26.2 Å². The Morgan fingerprint density at radius 2 is 1.56 bits per heavy atom. The van der Waals surface area contributed by atoms with Gasteiger partial charge in [-0.05, 0) is 99.1 Å².